The van der Waals surface area contributed by atoms with Gasteiger partial charge in [0.05, 0.1) is 25.3 Å². The quantitative estimate of drug-likeness (QED) is 0.464. The number of aromatic nitrogens is 1. The lowest BCUT2D eigenvalue weighted by molar-refractivity contribution is 0.0980. The van der Waals surface area contributed by atoms with Crippen LogP contribution in [0.1, 0.15) is 21.6 Å². The van der Waals surface area contributed by atoms with Crippen LogP contribution < -0.4 is 14.4 Å². The summed E-state index contributed by atoms with van der Waals surface area (Å²) in [5.41, 5.74) is 2.73. The Morgan fingerprint density at radius 3 is 2.69 bits per heavy atom. The van der Waals surface area contributed by atoms with Crippen LogP contribution in [0.4, 0.5) is 10.8 Å². The molecule has 0 aliphatic heterocycles. The number of rotatable bonds is 7. The van der Waals surface area contributed by atoms with Crippen molar-refractivity contribution in [3.63, 3.8) is 0 Å². The number of methoxy groups -OCH3 is 1. The standard InChI is InChI=1S/C20H17BrN4O2S2/c1-27-16-6-4-3-5-14(16)12-25(15-9-7-13(11-22)8-10-15)20-23-17(18(21)29-20)19(26)24-28-2/h3-10H,12H2,1-2H3,(H,24,26). The fourth-order valence-electron chi connectivity index (χ4n) is 2.68. The second-order valence-electron chi connectivity index (χ2n) is 5.81. The summed E-state index contributed by atoms with van der Waals surface area (Å²) in [6, 6.07) is 17.1. The lowest BCUT2D eigenvalue weighted by Gasteiger charge is -2.23. The van der Waals surface area contributed by atoms with E-state index in [1.165, 1.54) is 23.3 Å². The first-order valence-corrected chi connectivity index (χ1v) is 11.3. The van der Waals surface area contributed by atoms with Crippen molar-refractivity contribution in [3.05, 3.63) is 69.1 Å². The van der Waals surface area contributed by atoms with Crippen LogP contribution in [0.5, 0.6) is 5.75 Å². The van der Waals surface area contributed by atoms with E-state index in [9.17, 15) is 4.79 Å². The van der Waals surface area contributed by atoms with Crippen molar-refractivity contribution in [3.8, 4) is 11.8 Å². The van der Waals surface area contributed by atoms with Gasteiger partial charge in [-0.25, -0.2) is 4.98 Å². The van der Waals surface area contributed by atoms with E-state index in [0.29, 0.717) is 26.7 Å². The Morgan fingerprint density at radius 2 is 2.03 bits per heavy atom. The summed E-state index contributed by atoms with van der Waals surface area (Å²) in [5.74, 6) is 0.506. The third kappa shape index (κ3) is 4.90. The Bertz CT molecular complexity index is 1050. The molecule has 148 valence electrons. The average Bonchev–Trinajstić information content (AvgIpc) is 3.14. The number of carbonyl (C=O) groups excluding carboxylic acids is 1. The minimum Gasteiger partial charge on any atom is -0.496 e. The highest BCUT2D eigenvalue weighted by molar-refractivity contribution is 9.11. The van der Waals surface area contributed by atoms with Gasteiger partial charge in [-0.15, -0.1) is 0 Å². The third-order valence-corrected chi connectivity index (χ3v) is 6.16. The first-order valence-electron chi connectivity index (χ1n) is 8.46. The van der Waals surface area contributed by atoms with Crippen LogP contribution in [-0.4, -0.2) is 24.3 Å². The second-order valence-corrected chi connectivity index (χ2v) is 8.72. The molecule has 29 heavy (non-hydrogen) atoms. The lowest BCUT2D eigenvalue weighted by atomic mass is 10.1. The van der Waals surface area contributed by atoms with Gasteiger partial charge in [-0.2, -0.15) is 5.26 Å². The van der Waals surface area contributed by atoms with Crippen molar-refractivity contribution in [2.75, 3.05) is 18.3 Å². The van der Waals surface area contributed by atoms with Crippen LogP contribution >= 0.6 is 39.2 Å². The van der Waals surface area contributed by atoms with Gasteiger partial charge < -0.3 is 9.64 Å². The smallest absolute Gasteiger partial charge is 0.281 e. The summed E-state index contributed by atoms with van der Waals surface area (Å²) < 4.78 is 8.84. The Kier molecular flexibility index (Phi) is 7.14. The van der Waals surface area contributed by atoms with E-state index < -0.39 is 0 Å². The predicted octanol–water partition coefficient (Wildman–Crippen LogP) is 5.13. The molecule has 1 N–H and O–H groups in total. The summed E-state index contributed by atoms with van der Waals surface area (Å²) in [4.78, 5) is 18.8. The molecule has 0 saturated carbocycles. The molecule has 0 unspecified atom stereocenters. The molecule has 0 aliphatic carbocycles. The molecule has 3 rings (SSSR count). The number of hydrogen-bond acceptors (Lipinski definition) is 7. The highest BCUT2D eigenvalue weighted by atomic mass is 79.9. The Labute approximate surface area is 185 Å². The van der Waals surface area contributed by atoms with Gasteiger partial charge >= 0.3 is 0 Å². The maximum Gasteiger partial charge on any atom is 0.281 e. The number of amides is 1. The van der Waals surface area contributed by atoms with E-state index in [2.05, 4.69) is 31.7 Å². The fraction of sp³-hybridized carbons (Fsp3) is 0.150. The van der Waals surface area contributed by atoms with Crippen molar-refractivity contribution < 1.29 is 9.53 Å². The largest absolute Gasteiger partial charge is 0.496 e. The van der Waals surface area contributed by atoms with Crippen LogP contribution in [0, 0.1) is 11.3 Å². The van der Waals surface area contributed by atoms with Crippen LogP contribution in [-0.2, 0) is 6.54 Å². The number of halogens is 1. The molecular formula is C20H17BrN4O2S2. The molecule has 2 aromatic carbocycles. The van der Waals surface area contributed by atoms with Gasteiger partial charge in [-0.1, -0.05) is 41.5 Å². The zero-order valence-corrected chi connectivity index (χ0v) is 18.9. The summed E-state index contributed by atoms with van der Waals surface area (Å²) in [6.07, 6.45) is 1.78. The Balaban J connectivity index is 2.04. The molecule has 0 fully saturated rings. The summed E-state index contributed by atoms with van der Waals surface area (Å²) >= 11 is 6.05. The van der Waals surface area contributed by atoms with Gasteiger partial charge in [0.25, 0.3) is 5.91 Å². The van der Waals surface area contributed by atoms with Crippen molar-refractivity contribution in [2.45, 2.75) is 6.54 Å². The van der Waals surface area contributed by atoms with Crippen molar-refractivity contribution >= 4 is 55.9 Å². The number of carbonyl (C=O) groups is 1. The average molecular weight is 489 g/mol. The summed E-state index contributed by atoms with van der Waals surface area (Å²) in [7, 11) is 1.63. The molecule has 1 heterocycles. The number of para-hydroxylation sites is 1. The molecule has 6 nitrogen and oxygen atoms in total. The first kappa shape index (κ1) is 21.2. The van der Waals surface area contributed by atoms with E-state index in [4.69, 9.17) is 10.00 Å². The number of hydrogen-bond donors (Lipinski definition) is 1. The van der Waals surface area contributed by atoms with Crippen LogP contribution in [0.25, 0.3) is 0 Å². The normalized spacial score (nSPS) is 10.3. The number of nitrogens with zero attached hydrogens (tertiary/aromatic N) is 3. The van der Waals surface area contributed by atoms with Crippen molar-refractivity contribution in [1.29, 1.82) is 5.26 Å². The molecule has 0 aliphatic rings. The Morgan fingerprint density at radius 1 is 1.31 bits per heavy atom. The zero-order chi connectivity index (χ0) is 20.8. The number of ether oxygens (including phenoxy) is 1. The van der Waals surface area contributed by atoms with E-state index >= 15 is 0 Å². The lowest BCUT2D eigenvalue weighted by Crippen LogP contribution is -2.19. The number of nitrogens with one attached hydrogen (secondary N) is 1. The van der Waals surface area contributed by atoms with Crippen molar-refractivity contribution in [2.24, 2.45) is 0 Å². The van der Waals surface area contributed by atoms with E-state index in [1.54, 1.807) is 25.5 Å². The van der Waals surface area contributed by atoms with Crippen LogP contribution in [0.15, 0.2) is 52.3 Å². The van der Waals surface area contributed by atoms with Gasteiger partial charge in [0.1, 0.15) is 9.54 Å². The molecule has 9 heteroatoms. The van der Waals surface area contributed by atoms with Gasteiger partial charge in [-0.05, 0) is 46.3 Å². The van der Waals surface area contributed by atoms with Gasteiger partial charge in [0.15, 0.2) is 10.8 Å². The summed E-state index contributed by atoms with van der Waals surface area (Å²) in [5, 5.41) is 9.75. The third-order valence-electron chi connectivity index (χ3n) is 4.04. The highest BCUT2D eigenvalue weighted by Gasteiger charge is 2.22. The molecule has 0 spiro atoms. The molecule has 1 aromatic heterocycles. The van der Waals surface area contributed by atoms with Gasteiger partial charge in [0, 0.05) is 17.5 Å². The number of thiazole rings is 1. The summed E-state index contributed by atoms with van der Waals surface area (Å²) in [6.45, 7) is 0.486. The number of nitriles is 1. The van der Waals surface area contributed by atoms with E-state index in [-0.39, 0.29) is 5.91 Å². The fourth-order valence-corrected chi connectivity index (χ4v) is 4.47. The van der Waals surface area contributed by atoms with Crippen molar-refractivity contribution in [1.82, 2.24) is 9.71 Å². The molecule has 0 bridgehead atoms. The molecule has 0 atom stereocenters. The molecule has 3 aromatic rings. The van der Waals surface area contributed by atoms with Crippen LogP contribution in [0.2, 0.25) is 0 Å². The minimum atomic E-state index is -0.260. The van der Waals surface area contributed by atoms with E-state index in [0.717, 1.165) is 17.0 Å². The molecule has 1 amide bonds. The maximum atomic E-state index is 12.3. The molecule has 0 saturated heterocycles. The van der Waals surface area contributed by atoms with Gasteiger partial charge in [0.2, 0.25) is 0 Å². The van der Waals surface area contributed by atoms with Gasteiger partial charge in [-0.3, -0.25) is 9.52 Å². The monoisotopic (exact) mass is 488 g/mol. The highest BCUT2D eigenvalue weighted by Crippen LogP contribution is 2.37. The SMILES string of the molecule is COc1ccccc1CN(c1ccc(C#N)cc1)c1nc(C(=O)NSC)c(Br)s1. The molecular weight excluding hydrogens is 472 g/mol. The molecule has 0 radical (unpaired) electrons. The maximum absolute atomic E-state index is 12.3. The zero-order valence-electron chi connectivity index (χ0n) is 15.7. The van der Waals surface area contributed by atoms with Crippen LogP contribution in [0.3, 0.4) is 0 Å². The predicted molar refractivity (Wildman–Crippen MR) is 121 cm³/mol. The van der Waals surface area contributed by atoms with E-state index in [1.807, 2.05) is 41.3 Å². The first-order chi connectivity index (χ1) is 14.1. The minimum absolute atomic E-state index is 0.260. The number of benzene rings is 2. The Hall–Kier alpha value is -2.54. The second kappa shape index (κ2) is 9.78. The topological polar surface area (TPSA) is 78.2 Å². The number of anilines is 2.